The summed E-state index contributed by atoms with van der Waals surface area (Å²) in [6.45, 7) is 2.42. The van der Waals surface area contributed by atoms with E-state index in [9.17, 15) is 10.1 Å². The Morgan fingerprint density at radius 1 is 1.27 bits per heavy atom. The van der Waals surface area contributed by atoms with Gasteiger partial charge in [-0.3, -0.25) is 10.1 Å². The van der Waals surface area contributed by atoms with Gasteiger partial charge in [-0.2, -0.15) is 0 Å². The van der Waals surface area contributed by atoms with Gasteiger partial charge in [-0.25, -0.2) is 4.99 Å². The van der Waals surface area contributed by atoms with Gasteiger partial charge in [0.1, 0.15) is 5.76 Å². The molecule has 8 nitrogen and oxygen atoms in total. The SMILES string of the molecule is O=[N+]([O-])c1ccc(CN=C(NCc2ccco2)NCC2CCCO2)cc1. The lowest BCUT2D eigenvalue weighted by atomic mass is 10.2. The predicted molar refractivity (Wildman–Crippen MR) is 96.8 cm³/mol. The van der Waals surface area contributed by atoms with Crippen LogP contribution in [0.25, 0.3) is 0 Å². The van der Waals surface area contributed by atoms with Crippen LogP contribution in [0.2, 0.25) is 0 Å². The fourth-order valence-corrected chi connectivity index (χ4v) is 2.67. The highest BCUT2D eigenvalue weighted by atomic mass is 16.6. The van der Waals surface area contributed by atoms with Gasteiger partial charge >= 0.3 is 0 Å². The van der Waals surface area contributed by atoms with Crippen molar-refractivity contribution >= 4 is 11.6 Å². The summed E-state index contributed by atoms with van der Waals surface area (Å²) in [5.74, 6) is 1.46. The van der Waals surface area contributed by atoms with Crippen LogP contribution in [-0.4, -0.2) is 30.1 Å². The Kier molecular flexibility index (Phi) is 6.21. The Morgan fingerprint density at radius 2 is 2.12 bits per heavy atom. The van der Waals surface area contributed by atoms with Gasteiger partial charge in [-0.15, -0.1) is 0 Å². The highest BCUT2D eigenvalue weighted by molar-refractivity contribution is 5.79. The molecule has 0 bridgehead atoms. The molecular formula is C18H22N4O4. The molecule has 1 aliphatic rings. The summed E-state index contributed by atoms with van der Waals surface area (Å²) in [6.07, 6.45) is 3.96. The molecule has 1 fully saturated rings. The number of nitro benzene ring substituents is 1. The van der Waals surface area contributed by atoms with Crippen molar-refractivity contribution in [3.63, 3.8) is 0 Å². The summed E-state index contributed by atoms with van der Waals surface area (Å²) in [5, 5.41) is 17.2. The number of guanidine groups is 1. The highest BCUT2D eigenvalue weighted by Gasteiger charge is 2.15. The molecule has 2 heterocycles. The average Bonchev–Trinajstić information content (AvgIpc) is 3.35. The third-order valence-corrected chi connectivity index (χ3v) is 4.10. The first kappa shape index (κ1) is 17.9. The fourth-order valence-electron chi connectivity index (χ4n) is 2.67. The van der Waals surface area contributed by atoms with Crippen LogP contribution in [0, 0.1) is 10.1 Å². The number of ether oxygens (including phenoxy) is 1. The third-order valence-electron chi connectivity index (χ3n) is 4.10. The summed E-state index contributed by atoms with van der Waals surface area (Å²) < 4.78 is 11.0. The summed E-state index contributed by atoms with van der Waals surface area (Å²) >= 11 is 0. The molecule has 0 spiro atoms. The maximum atomic E-state index is 10.7. The zero-order chi connectivity index (χ0) is 18.2. The minimum atomic E-state index is -0.410. The molecule has 0 aliphatic carbocycles. The molecule has 2 N–H and O–H groups in total. The standard InChI is InChI=1S/C18H22N4O4/c23-22(24)15-7-5-14(6-8-15)11-19-18(20-12-16-3-1-9-25-16)21-13-17-4-2-10-26-17/h1,3,5-9,17H,2,4,10-13H2,(H2,19,20,21). The molecule has 0 radical (unpaired) electrons. The molecule has 1 saturated heterocycles. The maximum absolute atomic E-state index is 10.7. The zero-order valence-corrected chi connectivity index (χ0v) is 14.4. The molecule has 0 saturated carbocycles. The van der Waals surface area contributed by atoms with Gasteiger partial charge in [0, 0.05) is 25.3 Å². The fraction of sp³-hybridized carbons (Fsp3) is 0.389. The predicted octanol–water partition coefficient (Wildman–Crippen LogP) is 2.60. The Hall–Kier alpha value is -2.87. The van der Waals surface area contributed by atoms with Gasteiger partial charge in [0.25, 0.3) is 5.69 Å². The van der Waals surface area contributed by atoms with E-state index in [-0.39, 0.29) is 11.8 Å². The second-order valence-corrected chi connectivity index (χ2v) is 6.04. The molecule has 1 aromatic heterocycles. The van der Waals surface area contributed by atoms with Crippen LogP contribution >= 0.6 is 0 Å². The van der Waals surface area contributed by atoms with E-state index < -0.39 is 4.92 Å². The van der Waals surface area contributed by atoms with Gasteiger partial charge in [0.2, 0.25) is 0 Å². The molecule has 3 rings (SSSR count). The quantitative estimate of drug-likeness (QED) is 0.341. The Labute approximate surface area is 151 Å². The number of aliphatic imine (C=N–C) groups is 1. The minimum absolute atomic E-state index is 0.0744. The van der Waals surface area contributed by atoms with E-state index in [4.69, 9.17) is 9.15 Å². The van der Waals surface area contributed by atoms with Crippen molar-refractivity contribution in [1.82, 2.24) is 10.6 Å². The molecule has 1 atom stereocenters. The van der Waals surface area contributed by atoms with Crippen molar-refractivity contribution in [2.45, 2.75) is 32.0 Å². The van der Waals surface area contributed by atoms with Gasteiger partial charge in [0.05, 0.1) is 30.4 Å². The van der Waals surface area contributed by atoms with Crippen molar-refractivity contribution in [3.05, 3.63) is 64.1 Å². The Bertz CT molecular complexity index is 722. The molecule has 138 valence electrons. The highest BCUT2D eigenvalue weighted by Crippen LogP contribution is 2.13. The van der Waals surface area contributed by atoms with Crippen LogP contribution < -0.4 is 10.6 Å². The molecule has 8 heteroatoms. The second kappa shape index (κ2) is 9.00. The van der Waals surface area contributed by atoms with Gasteiger partial charge < -0.3 is 19.8 Å². The van der Waals surface area contributed by atoms with Crippen molar-refractivity contribution in [3.8, 4) is 0 Å². The van der Waals surface area contributed by atoms with Gasteiger partial charge in [-0.1, -0.05) is 12.1 Å². The summed E-state index contributed by atoms with van der Waals surface area (Å²) in [7, 11) is 0. The molecule has 0 amide bonds. The van der Waals surface area contributed by atoms with E-state index in [1.54, 1.807) is 18.4 Å². The lowest BCUT2D eigenvalue weighted by molar-refractivity contribution is -0.384. The summed E-state index contributed by atoms with van der Waals surface area (Å²) in [6, 6.07) is 10.1. The molecular weight excluding hydrogens is 336 g/mol. The van der Waals surface area contributed by atoms with Crippen molar-refractivity contribution in [2.24, 2.45) is 4.99 Å². The molecule has 2 aromatic rings. The number of hydrogen-bond donors (Lipinski definition) is 2. The second-order valence-electron chi connectivity index (χ2n) is 6.04. The van der Waals surface area contributed by atoms with E-state index in [0.717, 1.165) is 30.8 Å². The lowest BCUT2D eigenvalue weighted by Gasteiger charge is -2.15. The van der Waals surface area contributed by atoms with Crippen LogP contribution in [0.4, 0.5) is 5.69 Å². The Morgan fingerprint density at radius 3 is 2.77 bits per heavy atom. The van der Waals surface area contributed by atoms with E-state index in [0.29, 0.717) is 25.6 Å². The van der Waals surface area contributed by atoms with Gasteiger partial charge in [0.15, 0.2) is 5.96 Å². The van der Waals surface area contributed by atoms with Crippen molar-refractivity contribution in [1.29, 1.82) is 0 Å². The third kappa shape index (κ3) is 5.32. The van der Waals surface area contributed by atoms with Crippen LogP contribution in [0.15, 0.2) is 52.1 Å². The van der Waals surface area contributed by atoms with Crippen LogP contribution in [0.1, 0.15) is 24.2 Å². The topological polar surface area (TPSA) is 102 Å². The smallest absolute Gasteiger partial charge is 0.269 e. The molecule has 1 aliphatic heterocycles. The van der Waals surface area contributed by atoms with Crippen LogP contribution in [0.3, 0.4) is 0 Å². The molecule has 26 heavy (non-hydrogen) atoms. The summed E-state index contributed by atoms with van der Waals surface area (Å²) in [5.41, 5.74) is 0.970. The maximum Gasteiger partial charge on any atom is 0.269 e. The van der Waals surface area contributed by atoms with Crippen LogP contribution in [0.5, 0.6) is 0 Å². The first-order valence-corrected chi connectivity index (χ1v) is 8.60. The number of nitro groups is 1. The monoisotopic (exact) mass is 358 g/mol. The minimum Gasteiger partial charge on any atom is -0.467 e. The van der Waals surface area contributed by atoms with Crippen molar-refractivity contribution < 1.29 is 14.1 Å². The largest absolute Gasteiger partial charge is 0.467 e. The first-order chi connectivity index (χ1) is 12.7. The molecule has 1 unspecified atom stereocenters. The number of rotatable bonds is 7. The van der Waals surface area contributed by atoms with E-state index in [2.05, 4.69) is 15.6 Å². The number of nitrogens with one attached hydrogen (secondary N) is 2. The normalized spacial score (nSPS) is 17.2. The van der Waals surface area contributed by atoms with E-state index in [1.165, 1.54) is 12.1 Å². The van der Waals surface area contributed by atoms with E-state index in [1.807, 2.05) is 12.1 Å². The average molecular weight is 358 g/mol. The van der Waals surface area contributed by atoms with E-state index >= 15 is 0 Å². The van der Waals surface area contributed by atoms with Crippen molar-refractivity contribution in [2.75, 3.05) is 13.2 Å². The first-order valence-electron chi connectivity index (χ1n) is 8.60. The van der Waals surface area contributed by atoms with Crippen LogP contribution in [-0.2, 0) is 17.8 Å². The number of furan rings is 1. The Balaban J connectivity index is 1.59. The lowest BCUT2D eigenvalue weighted by Crippen LogP contribution is -2.40. The number of non-ortho nitro benzene ring substituents is 1. The molecule has 1 aromatic carbocycles. The van der Waals surface area contributed by atoms with Gasteiger partial charge in [-0.05, 0) is 30.5 Å². The number of hydrogen-bond acceptors (Lipinski definition) is 5. The summed E-state index contributed by atoms with van der Waals surface area (Å²) in [4.78, 5) is 14.9. The number of benzene rings is 1. The zero-order valence-electron chi connectivity index (χ0n) is 14.4. The number of nitrogens with zero attached hydrogens (tertiary/aromatic N) is 2.